The van der Waals surface area contributed by atoms with Gasteiger partial charge in [0, 0.05) is 6.54 Å². The van der Waals surface area contributed by atoms with E-state index in [0.29, 0.717) is 0 Å². The van der Waals surface area contributed by atoms with Crippen LogP contribution in [0.25, 0.3) is 21.3 Å². The van der Waals surface area contributed by atoms with Gasteiger partial charge in [-0.05, 0) is 30.7 Å². The molecule has 2 aromatic heterocycles. The summed E-state index contributed by atoms with van der Waals surface area (Å²) in [5.41, 5.74) is 6.17. The number of anilines is 1. The number of rotatable bonds is 6. The first-order chi connectivity index (χ1) is 12.3. The summed E-state index contributed by atoms with van der Waals surface area (Å²) in [5.74, 6) is 0.864. The maximum absolute atomic E-state index is 4.70. The Morgan fingerprint density at radius 1 is 1.08 bits per heavy atom. The van der Waals surface area contributed by atoms with E-state index in [4.69, 9.17) is 4.98 Å². The molecule has 4 rings (SSSR count). The summed E-state index contributed by atoms with van der Waals surface area (Å²) in [7, 11) is 0. The Morgan fingerprint density at radius 3 is 2.72 bits per heavy atom. The Balaban J connectivity index is 1.59. The summed E-state index contributed by atoms with van der Waals surface area (Å²) < 4.78 is 3.37. The number of imidazole rings is 1. The number of hydrogen-bond donors (Lipinski definition) is 1. The fourth-order valence-electron chi connectivity index (χ4n) is 2.81. The molecule has 0 spiro atoms. The number of unbranched alkanes of at least 4 members (excludes halogenated alkanes) is 1. The van der Waals surface area contributed by atoms with E-state index in [9.17, 15) is 0 Å². The van der Waals surface area contributed by atoms with Crippen molar-refractivity contribution in [2.45, 2.75) is 26.3 Å². The zero-order chi connectivity index (χ0) is 17.1. The van der Waals surface area contributed by atoms with E-state index in [1.807, 2.05) is 36.4 Å². The summed E-state index contributed by atoms with van der Waals surface area (Å²) in [6.07, 6.45) is 4.04. The number of hydrogen-bond acceptors (Lipinski definition) is 5. The molecule has 5 nitrogen and oxygen atoms in total. The number of nitrogens with one attached hydrogen (secondary N) is 1. The van der Waals surface area contributed by atoms with E-state index >= 15 is 0 Å². The van der Waals surface area contributed by atoms with Crippen LogP contribution in [0, 0.1) is 0 Å². The number of thiazole rings is 1. The molecule has 0 atom stereocenters. The lowest BCUT2D eigenvalue weighted by Crippen LogP contribution is -2.04. The zero-order valence-electron chi connectivity index (χ0n) is 14.0. The predicted molar refractivity (Wildman–Crippen MR) is 105 cm³/mol. The first kappa shape index (κ1) is 15.8. The van der Waals surface area contributed by atoms with Crippen molar-refractivity contribution < 1.29 is 0 Å². The Hall–Kier alpha value is -2.73. The van der Waals surface area contributed by atoms with Gasteiger partial charge in [-0.2, -0.15) is 5.10 Å². The van der Waals surface area contributed by atoms with Gasteiger partial charge in [0.1, 0.15) is 0 Å². The molecule has 0 saturated carbocycles. The van der Waals surface area contributed by atoms with Crippen LogP contribution in [0.15, 0.2) is 53.6 Å². The van der Waals surface area contributed by atoms with Crippen LogP contribution in [0.1, 0.15) is 25.6 Å². The van der Waals surface area contributed by atoms with Crippen LogP contribution >= 0.6 is 11.3 Å². The minimum Gasteiger partial charge on any atom is -0.323 e. The molecule has 0 aliphatic rings. The molecule has 2 heterocycles. The second-order valence-electron chi connectivity index (χ2n) is 5.82. The molecule has 2 aromatic carbocycles. The first-order valence-corrected chi connectivity index (χ1v) is 9.26. The zero-order valence-corrected chi connectivity index (χ0v) is 14.8. The van der Waals surface area contributed by atoms with Crippen LogP contribution in [-0.4, -0.2) is 20.7 Å². The molecule has 0 radical (unpaired) electrons. The molecule has 1 N–H and O–H groups in total. The SMILES string of the molecule is CCCCn1c(/C=N\Nc2nc3ccccc3s2)nc2ccccc21. The average Bonchev–Trinajstić information content (AvgIpc) is 3.20. The maximum atomic E-state index is 4.70. The Kier molecular flexibility index (Phi) is 4.43. The van der Waals surface area contributed by atoms with Crippen molar-refractivity contribution in [3.8, 4) is 0 Å². The molecule has 25 heavy (non-hydrogen) atoms. The highest BCUT2D eigenvalue weighted by Crippen LogP contribution is 2.25. The molecule has 0 unspecified atom stereocenters. The summed E-state index contributed by atoms with van der Waals surface area (Å²) >= 11 is 1.59. The molecule has 126 valence electrons. The van der Waals surface area contributed by atoms with Crippen molar-refractivity contribution in [3.63, 3.8) is 0 Å². The van der Waals surface area contributed by atoms with Gasteiger partial charge in [0.25, 0.3) is 0 Å². The minimum atomic E-state index is 0.786. The molecule has 4 aromatic rings. The lowest BCUT2D eigenvalue weighted by Gasteiger charge is -2.05. The highest BCUT2D eigenvalue weighted by atomic mass is 32.1. The van der Waals surface area contributed by atoms with Gasteiger partial charge in [0.15, 0.2) is 5.82 Å². The summed E-state index contributed by atoms with van der Waals surface area (Å²) in [4.78, 5) is 9.22. The van der Waals surface area contributed by atoms with Gasteiger partial charge < -0.3 is 4.57 Å². The molecule has 0 aliphatic carbocycles. The topological polar surface area (TPSA) is 55.1 Å². The van der Waals surface area contributed by atoms with Crippen LogP contribution in [-0.2, 0) is 6.54 Å². The number of para-hydroxylation sites is 3. The van der Waals surface area contributed by atoms with Crippen molar-refractivity contribution in [1.82, 2.24) is 14.5 Å². The van der Waals surface area contributed by atoms with Crippen LogP contribution in [0.2, 0.25) is 0 Å². The lowest BCUT2D eigenvalue weighted by atomic mass is 10.3. The largest absolute Gasteiger partial charge is 0.323 e. The second kappa shape index (κ2) is 7.03. The van der Waals surface area contributed by atoms with Gasteiger partial charge in [0.2, 0.25) is 5.13 Å². The fraction of sp³-hybridized carbons (Fsp3) is 0.211. The first-order valence-electron chi connectivity index (χ1n) is 8.45. The van der Waals surface area contributed by atoms with E-state index in [-0.39, 0.29) is 0 Å². The van der Waals surface area contributed by atoms with Crippen molar-refractivity contribution in [1.29, 1.82) is 0 Å². The monoisotopic (exact) mass is 349 g/mol. The number of benzene rings is 2. The van der Waals surface area contributed by atoms with Crippen molar-refractivity contribution in [2.75, 3.05) is 5.43 Å². The Bertz CT molecular complexity index is 998. The molecule has 0 fully saturated rings. The second-order valence-corrected chi connectivity index (χ2v) is 6.85. The molecule has 0 bridgehead atoms. The smallest absolute Gasteiger partial charge is 0.204 e. The van der Waals surface area contributed by atoms with Crippen molar-refractivity contribution in [3.05, 3.63) is 54.4 Å². The predicted octanol–water partition coefficient (Wildman–Crippen LogP) is 4.89. The fourth-order valence-corrected chi connectivity index (χ4v) is 3.62. The third-order valence-electron chi connectivity index (χ3n) is 4.05. The van der Waals surface area contributed by atoms with Gasteiger partial charge >= 0.3 is 0 Å². The highest BCUT2D eigenvalue weighted by molar-refractivity contribution is 7.22. The maximum Gasteiger partial charge on any atom is 0.204 e. The normalized spacial score (nSPS) is 11.7. The Morgan fingerprint density at radius 2 is 1.88 bits per heavy atom. The summed E-state index contributed by atoms with van der Waals surface area (Å²) in [6.45, 7) is 3.14. The number of hydrazone groups is 1. The summed E-state index contributed by atoms with van der Waals surface area (Å²) in [6, 6.07) is 16.3. The van der Waals surface area contributed by atoms with E-state index in [0.717, 1.165) is 51.6 Å². The van der Waals surface area contributed by atoms with Crippen LogP contribution < -0.4 is 5.43 Å². The van der Waals surface area contributed by atoms with Crippen LogP contribution in [0.4, 0.5) is 5.13 Å². The molecule has 6 heteroatoms. The van der Waals surface area contributed by atoms with Crippen LogP contribution in [0.5, 0.6) is 0 Å². The standard InChI is InChI=1S/C19H19N5S/c1-2-3-12-24-16-10-6-4-8-14(16)21-18(24)13-20-23-19-22-15-9-5-7-11-17(15)25-19/h4-11,13H,2-3,12H2,1H3,(H,22,23)/b20-13-. The van der Waals surface area contributed by atoms with E-state index in [1.165, 1.54) is 0 Å². The summed E-state index contributed by atoms with van der Waals surface area (Å²) in [5, 5.41) is 5.15. The number of aromatic nitrogens is 3. The van der Waals surface area contributed by atoms with Crippen molar-refractivity contribution >= 4 is 43.9 Å². The average molecular weight is 349 g/mol. The molecular formula is C19H19N5S. The third-order valence-corrected chi connectivity index (χ3v) is 4.99. The molecular weight excluding hydrogens is 330 g/mol. The van der Waals surface area contributed by atoms with E-state index in [2.05, 4.69) is 39.1 Å². The molecule has 0 saturated heterocycles. The lowest BCUT2D eigenvalue weighted by molar-refractivity contribution is 0.642. The van der Waals surface area contributed by atoms with E-state index < -0.39 is 0 Å². The minimum absolute atomic E-state index is 0.786. The van der Waals surface area contributed by atoms with E-state index in [1.54, 1.807) is 17.6 Å². The van der Waals surface area contributed by atoms with Gasteiger partial charge in [-0.3, -0.25) is 5.43 Å². The quantitative estimate of drug-likeness (QED) is 0.398. The van der Waals surface area contributed by atoms with Crippen LogP contribution in [0.3, 0.4) is 0 Å². The van der Waals surface area contributed by atoms with Gasteiger partial charge in [-0.1, -0.05) is 48.9 Å². The van der Waals surface area contributed by atoms with Gasteiger partial charge in [-0.25, -0.2) is 9.97 Å². The number of fused-ring (bicyclic) bond motifs is 2. The van der Waals surface area contributed by atoms with Crippen molar-refractivity contribution in [2.24, 2.45) is 5.10 Å². The number of aryl methyl sites for hydroxylation is 1. The number of nitrogens with zero attached hydrogens (tertiary/aromatic N) is 4. The highest BCUT2D eigenvalue weighted by Gasteiger charge is 2.08. The third kappa shape index (κ3) is 3.25. The van der Waals surface area contributed by atoms with Gasteiger partial charge in [0.05, 0.1) is 27.5 Å². The molecule has 0 amide bonds. The Labute approximate surface area is 150 Å². The molecule has 0 aliphatic heterocycles. The van der Waals surface area contributed by atoms with Gasteiger partial charge in [-0.15, -0.1) is 0 Å².